The zero-order valence-electron chi connectivity index (χ0n) is 9.63. The Bertz CT molecular complexity index is 517. The quantitative estimate of drug-likeness (QED) is 0.841. The molecule has 1 atom stereocenters. The van der Waals surface area contributed by atoms with Crippen molar-refractivity contribution in [2.45, 2.75) is 24.9 Å². The first kappa shape index (κ1) is 10.7. The lowest BCUT2D eigenvalue weighted by atomic mass is 10.0. The van der Waals surface area contributed by atoms with E-state index in [-0.39, 0.29) is 12.6 Å². The summed E-state index contributed by atoms with van der Waals surface area (Å²) in [5.74, 6) is 0. The van der Waals surface area contributed by atoms with Crippen LogP contribution >= 0.6 is 0 Å². The number of aliphatic hydroxyl groups is 1. The summed E-state index contributed by atoms with van der Waals surface area (Å²) >= 11 is 0. The fourth-order valence-electron chi connectivity index (χ4n) is 2.19. The van der Waals surface area contributed by atoms with Crippen molar-refractivity contribution in [3.05, 3.63) is 42.2 Å². The molecule has 17 heavy (non-hydrogen) atoms. The molecule has 2 aromatic rings. The fraction of sp³-hybridized carbons (Fsp3) is 0.357. The van der Waals surface area contributed by atoms with Gasteiger partial charge in [0.25, 0.3) is 0 Å². The number of aliphatic hydroxyl groups excluding tert-OH is 1. The molecular weight excluding hydrogens is 212 g/mol. The van der Waals surface area contributed by atoms with Crippen LogP contribution in [0.2, 0.25) is 0 Å². The Kier molecular flexibility index (Phi) is 2.79. The van der Waals surface area contributed by atoms with Gasteiger partial charge in [0.05, 0.1) is 12.6 Å². The number of nitrogens with zero attached hydrogens (tertiary/aromatic N) is 1. The molecule has 2 N–H and O–H groups in total. The molecule has 0 bridgehead atoms. The molecular formula is C14H16N2O. The van der Waals surface area contributed by atoms with Gasteiger partial charge in [-0.2, -0.15) is 0 Å². The Hall–Kier alpha value is -1.45. The fourth-order valence-corrected chi connectivity index (χ4v) is 2.19. The lowest BCUT2D eigenvalue weighted by Crippen LogP contribution is -2.26. The number of benzene rings is 1. The van der Waals surface area contributed by atoms with E-state index >= 15 is 0 Å². The minimum Gasteiger partial charge on any atom is -0.394 e. The summed E-state index contributed by atoms with van der Waals surface area (Å²) in [6, 6.07) is 8.75. The van der Waals surface area contributed by atoms with Crippen LogP contribution in [0.1, 0.15) is 24.4 Å². The highest BCUT2D eigenvalue weighted by atomic mass is 16.3. The lowest BCUT2D eigenvalue weighted by Gasteiger charge is -2.17. The molecule has 3 heteroatoms. The standard InChI is InChI=1S/C14H16N2O/c17-9-14(16-11-5-6-11)13-8-15-7-10-3-1-2-4-12(10)13/h1-4,7-8,11,14,16-17H,5-6,9H2. The molecule has 88 valence electrons. The molecule has 1 aliphatic rings. The van der Waals surface area contributed by atoms with Gasteiger partial charge >= 0.3 is 0 Å². The molecule has 1 heterocycles. The SMILES string of the molecule is OCC(NC1CC1)c1cncc2ccccc12. The summed E-state index contributed by atoms with van der Waals surface area (Å²) in [5, 5.41) is 15.3. The molecule has 1 aromatic heterocycles. The number of fused-ring (bicyclic) bond motifs is 1. The molecule has 1 aromatic carbocycles. The average molecular weight is 228 g/mol. The van der Waals surface area contributed by atoms with E-state index in [1.807, 2.05) is 24.5 Å². The average Bonchev–Trinajstić information content (AvgIpc) is 3.19. The molecule has 0 radical (unpaired) electrons. The number of nitrogens with one attached hydrogen (secondary N) is 1. The third kappa shape index (κ3) is 2.16. The summed E-state index contributed by atoms with van der Waals surface area (Å²) < 4.78 is 0. The van der Waals surface area contributed by atoms with E-state index in [1.165, 1.54) is 18.2 Å². The summed E-state index contributed by atoms with van der Waals surface area (Å²) in [7, 11) is 0. The first-order valence-corrected chi connectivity index (χ1v) is 6.08. The number of rotatable bonds is 4. The van der Waals surface area contributed by atoms with E-state index in [2.05, 4.69) is 22.4 Å². The van der Waals surface area contributed by atoms with Crippen LogP contribution in [0.3, 0.4) is 0 Å². The van der Waals surface area contributed by atoms with Crippen LogP contribution in [0.5, 0.6) is 0 Å². The topological polar surface area (TPSA) is 45.1 Å². The number of hydrogen-bond donors (Lipinski definition) is 2. The van der Waals surface area contributed by atoms with E-state index in [4.69, 9.17) is 0 Å². The van der Waals surface area contributed by atoms with Gasteiger partial charge in [0.15, 0.2) is 0 Å². The molecule has 1 fully saturated rings. The van der Waals surface area contributed by atoms with Crippen LogP contribution in [0, 0.1) is 0 Å². The van der Waals surface area contributed by atoms with Crippen molar-refractivity contribution in [2.24, 2.45) is 0 Å². The largest absolute Gasteiger partial charge is 0.394 e. The van der Waals surface area contributed by atoms with Crippen molar-refractivity contribution in [1.29, 1.82) is 0 Å². The second-order valence-electron chi connectivity index (χ2n) is 4.63. The highest BCUT2D eigenvalue weighted by molar-refractivity contribution is 5.85. The zero-order chi connectivity index (χ0) is 11.7. The first-order chi connectivity index (χ1) is 8.38. The summed E-state index contributed by atoms with van der Waals surface area (Å²) in [4.78, 5) is 4.26. The van der Waals surface area contributed by atoms with Crippen molar-refractivity contribution in [3.63, 3.8) is 0 Å². The molecule has 3 rings (SSSR count). The highest BCUT2D eigenvalue weighted by Crippen LogP contribution is 2.27. The van der Waals surface area contributed by atoms with Gasteiger partial charge in [0.2, 0.25) is 0 Å². The molecule has 0 spiro atoms. The Labute approximate surface area is 100 Å². The maximum atomic E-state index is 9.53. The van der Waals surface area contributed by atoms with Gasteiger partial charge in [-0.3, -0.25) is 4.98 Å². The smallest absolute Gasteiger partial charge is 0.0627 e. The van der Waals surface area contributed by atoms with Crippen LogP contribution in [0.4, 0.5) is 0 Å². The van der Waals surface area contributed by atoms with Crippen molar-refractivity contribution < 1.29 is 5.11 Å². The zero-order valence-corrected chi connectivity index (χ0v) is 9.63. The van der Waals surface area contributed by atoms with Gasteiger partial charge < -0.3 is 10.4 Å². The van der Waals surface area contributed by atoms with Gasteiger partial charge in [-0.1, -0.05) is 24.3 Å². The summed E-state index contributed by atoms with van der Waals surface area (Å²) in [6.07, 6.45) is 6.16. The van der Waals surface area contributed by atoms with E-state index in [1.54, 1.807) is 0 Å². The Morgan fingerprint density at radius 2 is 2.12 bits per heavy atom. The monoisotopic (exact) mass is 228 g/mol. The highest BCUT2D eigenvalue weighted by Gasteiger charge is 2.25. The van der Waals surface area contributed by atoms with Crippen molar-refractivity contribution in [1.82, 2.24) is 10.3 Å². The normalized spacial score (nSPS) is 17.2. The minimum atomic E-state index is 0.00102. The van der Waals surface area contributed by atoms with Crippen LogP contribution < -0.4 is 5.32 Å². The summed E-state index contributed by atoms with van der Waals surface area (Å²) in [5.41, 5.74) is 1.09. The molecule has 1 unspecified atom stereocenters. The maximum absolute atomic E-state index is 9.53. The maximum Gasteiger partial charge on any atom is 0.0627 e. The molecule has 0 amide bonds. The number of pyridine rings is 1. The van der Waals surface area contributed by atoms with Gasteiger partial charge in [-0.25, -0.2) is 0 Å². The molecule has 1 saturated carbocycles. The second-order valence-corrected chi connectivity index (χ2v) is 4.63. The van der Waals surface area contributed by atoms with Crippen LogP contribution in [0.15, 0.2) is 36.7 Å². The van der Waals surface area contributed by atoms with Gasteiger partial charge in [0, 0.05) is 23.8 Å². The van der Waals surface area contributed by atoms with Gasteiger partial charge in [0.1, 0.15) is 0 Å². The Morgan fingerprint density at radius 3 is 2.88 bits per heavy atom. The first-order valence-electron chi connectivity index (χ1n) is 6.08. The molecule has 3 nitrogen and oxygen atoms in total. The van der Waals surface area contributed by atoms with Crippen molar-refractivity contribution in [2.75, 3.05) is 6.61 Å². The molecule has 1 aliphatic carbocycles. The van der Waals surface area contributed by atoms with Crippen molar-refractivity contribution in [3.8, 4) is 0 Å². The predicted molar refractivity (Wildman–Crippen MR) is 67.7 cm³/mol. The van der Waals surface area contributed by atoms with E-state index in [9.17, 15) is 5.11 Å². The van der Waals surface area contributed by atoms with E-state index < -0.39 is 0 Å². The van der Waals surface area contributed by atoms with Gasteiger partial charge in [-0.05, 0) is 23.8 Å². The lowest BCUT2D eigenvalue weighted by molar-refractivity contribution is 0.244. The molecule has 0 saturated heterocycles. The Balaban J connectivity index is 2.01. The third-order valence-electron chi connectivity index (χ3n) is 3.27. The van der Waals surface area contributed by atoms with Crippen molar-refractivity contribution >= 4 is 10.8 Å². The Morgan fingerprint density at radius 1 is 1.29 bits per heavy atom. The molecule has 0 aliphatic heterocycles. The van der Waals surface area contributed by atoms with Crippen LogP contribution in [0.25, 0.3) is 10.8 Å². The predicted octanol–water partition coefficient (Wildman–Crippen LogP) is 2.02. The van der Waals surface area contributed by atoms with Crippen LogP contribution in [-0.4, -0.2) is 22.7 Å². The van der Waals surface area contributed by atoms with Gasteiger partial charge in [-0.15, -0.1) is 0 Å². The third-order valence-corrected chi connectivity index (χ3v) is 3.27. The second kappa shape index (κ2) is 4.43. The number of hydrogen-bond acceptors (Lipinski definition) is 3. The van der Waals surface area contributed by atoms with Crippen LogP contribution in [-0.2, 0) is 0 Å². The van der Waals surface area contributed by atoms with E-state index in [0.717, 1.165) is 10.9 Å². The van der Waals surface area contributed by atoms with E-state index in [0.29, 0.717) is 6.04 Å². The summed E-state index contributed by atoms with van der Waals surface area (Å²) in [6.45, 7) is 0.117. The number of aromatic nitrogens is 1. The minimum absolute atomic E-state index is 0.00102.